The first-order valence-electron chi connectivity index (χ1n) is 14.8. The van der Waals surface area contributed by atoms with Crippen molar-refractivity contribution < 1.29 is 0 Å². The van der Waals surface area contributed by atoms with E-state index in [-0.39, 0.29) is 0 Å². The summed E-state index contributed by atoms with van der Waals surface area (Å²) >= 11 is 0. The second-order valence-electron chi connectivity index (χ2n) is 10.7. The van der Waals surface area contributed by atoms with E-state index < -0.39 is 0 Å². The van der Waals surface area contributed by atoms with E-state index in [9.17, 15) is 0 Å². The van der Waals surface area contributed by atoms with Gasteiger partial charge in [-0.05, 0) is 54.5 Å². The number of aromatic nitrogens is 3. The number of benzene rings is 5. The quantitative estimate of drug-likeness (QED) is 0.180. The summed E-state index contributed by atoms with van der Waals surface area (Å²) in [5.41, 5.74) is 10.4. The Labute approximate surface area is 257 Å². The van der Waals surface area contributed by atoms with E-state index in [4.69, 9.17) is 9.97 Å². The van der Waals surface area contributed by atoms with E-state index in [0.29, 0.717) is 5.82 Å². The lowest BCUT2D eigenvalue weighted by Crippen LogP contribution is -1.99. The van der Waals surface area contributed by atoms with Crippen molar-refractivity contribution >= 4 is 33.0 Å². The van der Waals surface area contributed by atoms with Crippen LogP contribution >= 0.6 is 0 Å². The number of hydrogen-bond acceptors (Lipinski definition) is 2. The molecule has 0 aliphatic rings. The maximum absolute atomic E-state index is 5.03. The summed E-state index contributed by atoms with van der Waals surface area (Å²) < 4.78 is 2.33. The zero-order valence-electron chi connectivity index (χ0n) is 24.6. The average molecular weight is 566 g/mol. The predicted molar refractivity (Wildman–Crippen MR) is 186 cm³/mol. The Bertz CT molecular complexity index is 2060. The molecule has 0 amide bonds. The third-order valence-electron chi connectivity index (χ3n) is 8.00. The van der Waals surface area contributed by atoms with Gasteiger partial charge in [0.1, 0.15) is 0 Å². The molecule has 0 saturated carbocycles. The van der Waals surface area contributed by atoms with Gasteiger partial charge in [0.25, 0.3) is 0 Å². The molecule has 3 heteroatoms. The average Bonchev–Trinajstić information content (AvgIpc) is 3.44. The van der Waals surface area contributed by atoms with E-state index in [2.05, 4.69) is 126 Å². The maximum Gasteiger partial charge on any atom is 0.160 e. The van der Waals surface area contributed by atoms with Crippen LogP contribution in [0, 0.1) is 0 Å². The van der Waals surface area contributed by atoms with Gasteiger partial charge in [0.05, 0.1) is 22.4 Å². The normalized spacial score (nSPS) is 12.1. The fraction of sp³-hybridized carbons (Fsp3) is 0.0244. The molecule has 44 heavy (non-hydrogen) atoms. The van der Waals surface area contributed by atoms with Crippen LogP contribution < -0.4 is 0 Å². The number of allylic oxidation sites excluding steroid dienone is 5. The minimum Gasteiger partial charge on any atom is -0.309 e. The first-order chi connectivity index (χ1) is 21.7. The zero-order valence-corrected chi connectivity index (χ0v) is 24.6. The Kier molecular flexibility index (Phi) is 7.27. The number of fused-ring (bicyclic) bond motifs is 3. The molecule has 0 bridgehead atoms. The van der Waals surface area contributed by atoms with Crippen molar-refractivity contribution in [2.75, 3.05) is 0 Å². The van der Waals surface area contributed by atoms with Gasteiger partial charge in [0.2, 0.25) is 0 Å². The SMILES string of the molecule is C=C/C(=C\C(=C/C)c1nc(-c2ccccc2)cc(-c2ccccc2)n1)c1ccc(-n2c3ccccc3c3ccccc32)cc1. The molecular weight excluding hydrogens is 534 g/mol. The van der Waals surface area contributed by atoms with Crippen LogP contribution in [0.4, 0.5) is 0 Å². The van der Waals surface area contributed by atoms with Crippen molar-refractivity contribution in [1.29, 1.82) is 0 Å². The van der Waals surface area contributed by atoms with Gasteiger partial charge >= 0.3 is 0 Å². The fourth-order valence-corrected chi connectivity index (χ4v) is 5.80. The first kappa shape index (κ1) is 27.1. The van der Waals surface area contributed by atoms with Crippen LogP contribution in [0.2, 0.25) is 0 Å². The summed E-state index contributed by atoms with van der Waals surface area (Å²) in [4.78, 5) is 10.1. The maximum atomic E-state index is 5.03. The van der Waals surface area contributed by atoms with Gasteiger partial charge in [-0.1, -0.05) is 128 Å². The van der Waals surface area contributed by atoms with Gasteiger partial charge in [-0.15, -0.1) is 0 Å². The second kappa shape index (κ2) is 11.8. The Balaban J connectivity index is 1.29. The third-order valence-corrected chi connectivity index (χ3v) is 8.00. The summed E-state index contributed by atoms with van der Waals surface area (Å²) in [7, 11) is 0. The van der Waals surface area contributed by atoms with Crippen LogP contribution in [0.25, 0.3) is 61.2 Å². The molecule has 0 radical (unpaired) electrons. The van der Waals surface area contributed by atoms with E-state index in [1.165, 1.54) is 21.8 Å². The van der Waals surface area contributed by atoms with Crippen LogP contribution in [0.1, 0.15) is 18.3 Å². The first-order valence-corrected chi connectivity index (χ1v) is 14.8. The summed E-state index contributed by atoms with van der Waals surface area (Å²) in [6, 6.07) is 48.4. The summed E-state index contributed by atoms with van der Waals surface area (Å²) in [6.07, 6.45) is 6.09. The number of para-hydroxylation sites is 2. The zero-order chi connectivity index (χ0) is 29.9. The van der Waals surface area contributed by atoms with Crippen molar-refractivity contribution in [2.45, 2.75) is 6.92 Å². The molecule has 0 N–H and O–H groups in total. The van der Waals surface area contributed by atoms with Crippen LogP contribution in [0.5, 0.6) is 0 Å². The van der Waals surface area contributed by atoms with Gasteiger partial charge in [-0.3, -0.25) is 0 Å². The molecule has 2 aromatic heterocycles. The van der Waals surface area contributed by atoms with Crippen LogP contribution in [0.15, 0.2) is 164 Å². The highest BCUT2D eigenvalue weighted by atomic mass is 15.0. The minimum absolute atomic E-state index is 0.675. The number of rotatable bonds is 7. The predicted octanol–water partition coefficient (Wildman–Crippen LogP) is 10.6. The second-order valence-corrected chi connectivity index (χ2v) is 10.7. The van der Waals surface area contributed by atoms with Crippen LogP contribution in [-0.4, -0.2) is 14.5 Å². The Morgan fingerprint density at radius 2 is 1.09 bits per heavy atom. The fourth-order valence-electron chi connectivity index (χ4n) is 5.80. The Morgan fingerprint density at radius 3 is 1.59 bits per heavy atom. The number of hydrogen-bond donors (Lipinski definition) is 0. The van der Waals surface area contributed by atoms with Crippen LogP contribution in [-0.2, 0) is 0 Å². The molecule has 5 aromatic carbocycles. The van der Waals surface area contributed by atoms with Gasteiger partial charge in [0.15, 0.2) is 5.82 Å². The Morgan fingerprint density at radius 1 is 0.591 bits per heavy atom. The molecule has 0 fully saturated rings. The van der Waals surface area contributed by atoms with Gasteiger partial charge < -0.3 is 4.57 Å². The lowest BCUT2D eigenvalue weighted by molar-refractivity contribution is 1.13. The molecular formula is C41H31N3. The van der Waals surface area contributed by atoms with Crippen LogP contribution in [0.3, 0.4) is 0 Å². The highest BCUT2D eigenvalue weighted by molar-refractivity contribution is 6.09. The van der Waals surface area contributed by atoms with Crippen molar-refractivity contribution in [3.63, 3.8) is 0 Å². The number of nitrogens with zero attached hydrogens (tertiary/aromatic N) is 3. The molecule has 7 aromatic rings. The molecule has 0 aliphatic heterocycles. The molecule has 0 spiro atoms. The molecule has 3 nitrogen and oxygen atoms in total. The van der Waals surface area contributed by atoms with Gasteiger partial charge in [0, 0.05) is 33.2 Å². The summed E-state index contributed by atoms with van der Waals surface area (Å²) in [5, 5.41) is 2.51. The van der Waals surface area contributed by atoms with E-state index in [0.717, 1.165) is 44.9 Å². The smallest absolute Gasteiger partial charge is 0.160 e. The topological polar surface area (TPSA) is 30.7 Å². The van der Waals surface area contributed by atoms with E-state index in [1.807, 2.05) is 49.4 Å². The molecule has 0 atom stereocenters. The van der Waals surface area contributed by atoms with Gasteiger partial charge in [-0.25, -0.2) is 9.97 Å². The van der Waals surface area contributed by atoms with E-state index >= 15 is 0 Å². The standard InChI is InChI=1S/C41H31N3/c1-3-29(31-23-25-34(26-24-31)44-39-21-13-11-19-35(39)36-20-12-14-22-40(36)44)27-30(4-2)41-42-37(32-15-7-5-8-16-32)28-38(43-41)33-17-9-6-10-18-33/h3-28H,1H2,2H3/b29-27+,30-4+. The summed E-state index contributed by atoms with van der Waals surface area (Å²) in [5.74, 6) is 0.675. The Hall–Kier alpha value is -5.80. The lowest BCUT2D eigenvalue weighted by atomic mass is 10.0. The molecule has 7 rings (SSSR count). The van der Waals surface area contributed by atoms with Crippen molar-refractivity contribution in [1.82, 2.24) is 14.5 Å². The highest BCUT2D eigenvalue weighted by Gasteiger charge is 2.13. The lowest BCUT2D eigenvalue weighted by Gasteiger charge is -2.12. The minimum atomic E-state index is 0.675. The van der Waals surface area contributed by atoms with Crippen molar-refractivity contribution in [3.05, 3.63) is 176 Å². The molecule has 0 saturated heterocycles. The van der Waals surface area contributed by atoms with E-state index in [1.54, 1.807) is 0 Å². The van der Waals surface area contributed by atoms with Crippen molar-refractivity contribution in [3.8, 4) is 28.2 Å². The highest BCUT2D eigenvalue weighted by Crippen LogP contribution is 2.33. The molecule has 210 valence electrons. The largest absolute Gasteiger partial charge is 0.309 e. The van der Waals surface area contributed by atoms with Gasteiger partial charge in [-0.2, -0.15) is 0 Å². The van der Waals surface area contributed by atoms with Crippen molar-refractivity contribution in [2.24, 2.45) is 0 Å². The molecule has 2 heterocycles. The molecule has 0 aliphatic carbocycles. The molecule has 0 unspecified atom stereocenters. The third kappa shape index (κ3) is 5.05. The monoisotopic (exact) mass is 565 g/mol. The summed E-state index contributed by atoms with van der Waals surface area (Å²) in [6.45, 7) is 6.19.